The number of nitrogens with zero attached hydrogens (tertiary/aromatic N) is 4. The number of benzene rings is 1. The fourth-order valence-electron chi connectivity index (χ4n) is 3.04. The van der Waals surface area contributed by atoms with E-state index in [1.54, 1.807) is 4.57 Å². The Labute approximate surface area is 183 Å². The fraction of sp³-hybridized carbons (Fsp3) is 0.400. The Bertz CT molecular complexity index is 1090. The number of carbonyl (C=O) groups excluding carboxylic acids is 1. The van der Waals surface area contributed by atoms with E-state index >= 15 is 0 Å². The number of nitrogens with two attached hydrogens (primary N) is 1. The maximum absolute atomic E-state index is 12.2. The zero-order valence-corrected chi connectivity index (χ0v) is 18.4. The maximum atomic E-state index is 12.2. The van der Waals surface area contributed by atoms with Crippen LogP contribution in [0, 0.1) is 0 Å². The molecule has 1 aromatic carbocycles. The van der Waals surface area contributed by atoms with Crippen LogP contribution in [-0.4, -0.2) is 57.0 Å². The molecule has 0 aliphatic carbocycles. The number of aliphatic hydroxyl groups is 1. The smallest absolute Gasteiger partial charge is 0.280 e. The molecule has 0 aliphatic rings. The number of nitrogens with one attached hydrogen (secondary N) is 2. The largest absolute Gasteiger partial charge is 0.395 e. The number of H-pyrrole nitrogens is 1. The number of imidazole rings is 1. The van der Waals surface area contributed by atoms with Gasteiger partial charge >= 0.3 is 0 Å². The van der Waals surface area contributed by atoms with Crippen molar-refractivity contribution in [3.8, 4) is 0 Å². The summed E-state index contributed by atoms with van der Waals surface area (Å²) in [7, 11) is 3.93. The molecule has 0 atom stereocenters. The van der Waals surface area contributed by atoms with Gasteiger partial charge in [-0.3, -0.25) is 14.6 Å². The zero-order chi connectivity index (χ0) is 22.4. The van der Waals surface area contributed by atoms with E-state index in [2.05, 4.69) is 20.3 Å². The fourth-order valence-corrected chi connectivity index (χ4v) is 4.06. The molecule has 1 amide bonds. The highest BCUT2D eigenvalue weighted by molar-refractivity contribution is 7.99. The van der Waals surface area contributed by atoms with Crippen LogP contribution in [0.5, 0.6) is 0 Å². The number of hydrogen-bond acceptors (Lipinski definition) is 8. The Balaban J connectivity index is 1.50. The molecule has 2 aromatic heterocycles. The number of unbranched alkanes of at least 4 members (excludes halogenated alkanes) is 1. The van der Waals surface area contributed by atoms with Crippen molar-refractivity contribution < 1.29 is 9.90 Å². The molecule has 31 heavy (non-hydrogen) atoms. The Kier molecular flexibility index (Phi) is 7.53. The molecule has 0 spiro atoms. The summed E-state index contributed by atoms with van der Waals surface area (Å²) in [4.78, 5) is 37.1. The molecule has 5 N–H and O–H groups in total. The van der Waals surface area contributed by atoms with Gasteiger partial charge in [0.2, 0.25) is 11.9 Å². The van der Waals surface area contributed by atoms with Crippen molar-refractivity contribution in [2.45, 2.75) is 31.0 Å². The molecule has 0 saturated heterocycles. The third-order valence-electron chi connectivity index (χ3n) is 4.61. The predicted molar refractivity (Wildman–Crippen MR) is 124 cm³/mol. The number of aliphatic hydroxyl groups excluding tert-OH is 1. The lowest BCUT2D eigenvalue weighted by molar-refractivity contribution is -0.116. The predicted octanol–water partition coefficient (Wildman–Crippen LogP) is 1.66. The number of thioether (sulfide) groups is 1. The number of amides is 1. The lowest BCUT2D eigenvalue weighted by Gasteiger charge is -2.13. The number of hydrogen-bond donors (Lipinski definition) is 4. The van der Waals surface area contributed by atoms with E-state index in [9.17, 15) is 14.7 Å². The summed E-state index contributed by atoms with van der Waals surface area (Å²) in [6.07, 6.45) is 1.94. The quantitative estimate of drug-likeness (QED) is 0.273. The molecule has 0 unspecified atom stereocenters. The number of carbonyl (C=O) groups is 1. The van der Waals surface area contributed by atoms with Crippen molar-refractivity contribution in [2.24, 2.45) is 0 Å². The average Bonchev–Trinajstić information content (AvgIpc) is 3.06. The monoisotopic (exact) mass is 445 g/mol. The summed E-state index contributed by atoms with van der Waals surface area (Å²) in [6, 6.07) is 7.69. The average molecular weight is 446 g/mol. The van der Waals surface area contributed by atoms with Crippen molar-refractivity contribution in [1.29, 1.82) is 0 Å². The van der Waals surface area contributed by atoms with Gasteiger partial charge in [-0.05, 0) is 37.1 Å². The third-order valence-corrected chi connectivity index (χ3v) is 5.67. The number of fused-ring (bicyclic) bond motifs is 1. The highest BCUT2D eigenvalue weighted by Gasteiger charge is 2.15. The normalized spacial score (nSPS) is 11.1. The Hall–Kier alpha value is -3.05. The summed E-state index contributed by atoms with van der Waals surface area (Å²) in [5, 5.41) is 12.8. The van der Waals surface area contributed by atoms with E-state index in [0.29, 0.717) is 23.0 Å². The van der Waals surface area contributed by atoms with Gasteiger partial charge in [0.15, 0.2) is 16.3 Å². The minimum absolute atomic E-state index is 0.00973. The van der Waals surface area contributed by atoms with E-state index in [1.165, 1.54) is 11.8 Å². The van der Waals surface area contributed by atoms with Crippen molar-refractivity contribution >= 4 is 46.2 Å². The van der Waals surface area contributed by atoms with E-state index < -0.39 is 5.56 Å². The summed E-state index contributed by atoms with van der Waals surface area (Å²) >= 11 is 1.46. The van der Waals surface area contributed by atoms with Gasteiger partial charge in [0.05, 0.1) is 6.61 Å². The van der Waals surface area contributed by atoms with Crippen molar-refractivity contribution in [1.82, 2.24) is 19.5 Å². The van der Waals surface area contributed by atoms with Crippen LogP contribution in [0.25, 0.3) is 11.2 Å². The number of anilines is 3. The molecule has 0 bridgehead atoms. The first-order valence-corrected chi connectivity index (χ1v) is 10.9. The van der Waals surface area contributed by atoms with Gasteiger partial charge in [0.25, 0.3) is 5.56 Å². The maximum Gasteiger partial charge on any atom is 0.280 e. The van der Waals surface area contributed by atoms with Crippen LogP contribution in [0.4, 0.5) is 17.3 Å². The molecule has 3 aromatic rings. The molecule has 0 saturated carbocycles. The molecule has 3 rings (SSSR count). The molecule has 2 heterocycles. The van der Waals surface area contributed by atoms with Crippen LogP contribution in [0.1, 0.15) is 19.3 Å². The van der Waals surface area contributed by atoms with Gasteiger partial charge in [-0.1, -0.05) is 11.8 Å². The van der Waals surface area contributed by atoms with E-state index in [4.69, 9.17) is 5.73 Å². The van der Waals surface area contributed by atoms with E-state index in [-0.39, 0.29) is 30.5 Å². The summed E-state index contributed by atoms with van der Waals surface area (Å²) in [5.74, 6) is 0.698. The number of aromatic nitrogens is 4. The Morgan fingerprint density at radius 1 is 1.26 bits per heavy atom. The number of aromatic amines is 1. The van der Waals surface area contributed by atoms with Crippen molar-refractivity contribution in [2.75, 3.05) is 42.4 Å². The topological polar surface area (TPSA) is 142 Å². The molecule has 0 radical (unpaired) electrons. The number of nitrogen functional groups attached to an aromatic ring is 1. The summed E-state index contributed by atoms with van der Waals surface area (Å²) < 4.78 is 1.69. The van der Waals surface area contributed by atoms with Gasteiger partial charge < -0.3 is 25.6 Å². The Morgan fingerprint density at radius 3 is 2.68 bits per heavy atom. The molecule has 10 nitrogen and oxygen atoms in total. The van der Waals surface area contributed by atoms with E-state index in [1.807, 2.05) is 43.3 Å². The lowest BCUT2D eigenvalue weighted by Crippen LogP contribution is -2.13. The first-order valence-electron chi connectivity index (χ1n) is 9.96. The van der Waals surface area contributed by atoms with Gasteiger partial charge in [-0.25, -0.2) is 4.98 Å². The van der Waals surface area contributed by atoms with Crippen LogP contribution in [-0.2, 0) is 11.3 Å². The minimum Gasteiger partial charge on any atom is -0.395 e. The standard InChI is InChI=1S/C20H27N7O3S/c1-26(2)14-8-6-13(7-9-14)22-15(29)5-3-4-12-31-20-23-16-17(27(20)10-11-28)24-19(21)25-18(16)30/h6-9,28H,3-5,10-12H2,1-2H3,(H,22,29)(H3,21,24,25,30). The van der Waals surface area contributed by atoms with Crippen LogP contribution in [0.2, 0.25) is 0 Å². The highest BCUT2D eigenvalue weighted by atomic mass is 32.2. The van der Waals surface area contributed by atoms with Crippen molar-refractivity contribution in [3.05, 3.63) is 34.6 Å². The minimum atomic E-state index is -0.406. The summed E-state index contributed by atoms with van der Waals surface area (Å²) in [5.41, 5.74) is 7.63. The first kappa shape index (κ1) is 22.6. The van der Waals surface area contributed by atoms with Crippen molar-refractivity contribution in [3.63, 3.8) is 0 Å². The molecule has 0 fully saturated rings. The van der Waals surface area contributed by atoms with Crippen LogP contribution < -0.4 is 21.5 Å². The first-order chi connectivity index (χ1) is 14.9. The third kappa shape index (κ3) is 5.76. The highest BCUT2D eigenvalue weighted by Crippen LogP contribution is 2.23. The molecule has 166 valence electrons. The molecular formula is C20H27N7O3S. The van der Waals surface area contributed by atoms with Gasteiger partial charge in [0, 0.05) is 44.2 Å². The van der Waals surface area contributed by atoms with Crippen LogP contribution in [0.3, 0.4) is 0 Å². The Morgan fingerprint density at radius 2 is 2.00 bits per heavy atom. The number of rotatable bonds is 10. The lowest BCUT2D eigenvalue weighted by atomic mass is 10.2. The van der Waals surface area contributed by atoms with Gasteiger partial charge in [-0.2, -0.15) is 4.98 Å². The van der Waals surface area contributed by atoms with Gasteiger partial charge in [0.1, 0.15) is 0 Å². The van der Waals surface area contributed by atoms with Gasteiger partial charge in [-0.15, -0.1) is 0 Å². The molecular weight excluding hydrogens is 418 g/mol. The molecule has 0 aliphatic heterocycles. The second-order valence-electron chi connectivity index (χ2n) is 7.19. The van der Waals surface area contributed by atoms with E-state index in [0.717, 1.165) is 24.2 Å². The molecule has 11 heteroatoms. The zero-order valence-electron chi connectivity index (χ0n) is 17.6. The second-order valence-corrected chi connectivity index (χ2v) is 8.25. The summed E-state index contributed by atoms with van der Waals surface area (Å²) in [6.45, 7) is 0.160. The van der Waals surface area contributed by atoms with Crippen LogP contribution in [0.15, 0.2) is 34.2 Å². The SMILES string of the molecule is CN(C)c1ccc(NC(=O)CCCCSc2nc3c(=O)[nH]c(N)nc3n2CCO)cc1. The second kappa shape index (κ2) is 10.3. The van der Waals surface area contributed by atoms with Crippen LogP contribution >= 0.6 is 11.8 Å².